The molecule has 196 valence electrons. The average Bonchev–Trinajstić information content (AvgIpc) is 2.90. The van der Waals surface area contributed by atoms with Gasteiger partial charge >= 0.3 is 5.97 Å². The Morgan fingerprint density at radius 1 is 1.03 bits per heavy atom. The molecular weight excluding hydrogens is 494 g/mol. The molecule has 0 bridgehead atoms. The van der Waals surface area contributed by atoms with E-state index >= 15 is 0 Å². The van der Waals surface area contributed by atoms with Crippen molar-refractivity contribution in [3.63, 3.8) is 0 Å². The molecular formula is C27H37N3O4S2. The van der Waals surface area contributed by atoms with Crippen molar-refractivity contribution in [2.24, 2.45) is 5.92 Å². The normalized spacial score (nSPS) is 15.2. The topological polar surface area (TPSA) is 98.7 Å². The van der Waals surface area contributed by atoms with Crippen molar-refractivity contribution in [1.82, 2.24) is 15.5 Å². The van der Waals surface area contributed by atoms with E-state index in [0.717, 1.165) is 30.4 Å². The number of piperazine rings is 1. The van der Waals surface area contributed by atoms with Crippen molar-refractivity contribution in [2.75, 3.05) is 51.0 Å². The molecule has 3 N–H and O–H groups in total. The van der Waals surface area contributed by atoms with Crippen molar-refractivity contribution in [2.45, 2.75) is 18.9 Å². The minimum Gasteiger partial charge on any atom is -0.480 e. The SMILES string of the molecule is CN1CCNCC1.CSCC[C@H](NC(=O)C(CSC(=O)c1ccccc1)Cc1ccccc1)C(=O)O. The molecule has 1 amide bonds. The molecule has 0 spiro atoms. The number of carbonyl (C=O) groups is 3. The van der Waals surface area contributed by atoms with E-state index in [1.54, 1.807) is 24.3 Å². The second-order valence-electron chi connectivity index (χ2n) is 8.59. The molecule has 36 heavy (non-hydrogen) atoms. The number of amides is 1. The average molecular weight is 532 g/mol. The lowest BCUT2D eigenvalue weighted by Gasteiger charge is -2.21. The highest BCUT2D eigenvalue weighted by Crippen LogP contribution is 2.20. The van der Waals surface area contributed by atoms with Crippen LogP contribution in [0.25, 0.3) is 0 Å². The van der Waals surface area contributed by atoms with Gasteiger partial charge in [0.2, 0.25) is 11.0 Å². The van der Waals surface area contributed by atoms with Gasteiger partial charge in [0.1, 0.15) is 6.04 Å². The fourth-order valence-corrected chi connectivity index (χ4v) is 4.92. The van der Waals surface area contributed by atoms with Gasteiger partial charge in [-0.05, 0) is 37.5 Å². The molecule has 1 aliphatic heterocycles. The smallest absolute Gasteiger partial charge is 0.326 e. The summed E-state index contributed by atoms with van der Waals surface area (Å²) in [5.41, 5.74) is 1.55. The zero-order valence-corrected chi connectivity index (χ0v) is 22.7. The molecule has 1 heterocycles. The van der Waals surface area contributed by atoms with Crippen LogP contribution in [0.2, 0.25) is 0 Å². The Balaban J connectivity index is 0.000000558. The first-order valence-corrected chi connectivity index (χ1v) is 14.5. The van der Waals surface area contributed by atoms with Crippen LogP contribution in [0.4, 0.5) is 0 Å². The number of carbonyl (C=O) groups excluding carboxylic acids is 2. The molecule has 1 fully saturated rings. The van der Waals surface area contributed by atoms with Gasteiger partial charge in [0.15, 0.2) is 0 Å². The summed E-state index contributed by atoms with van der Waals surface area (Å²) in [7, 11) is 2.15. The summed E-state index contributed by atoms with van der Waals surface area (Å²) in [6, 6.07) is 17.5. The maximum atomic E-state index is 12.9. The molecule has 7 nitrogen and oxygen atoms in total. The number of thioether (sulfide) groups is 2. The van der Waals surface area contributed by atoms with Crippen LogP contribution in [0.3, 0.4) is 0 Å². The van der Waals surface area contributed by atoms with Gasteiger partial charge in [-0.2, -0.15) is 11.8 Å². The number of benzene rings is 2. The van der Waals surface area contributed by atoms with Crippen molar-refractivity contribution in [3.05, 3.63) is 71.8 Å². The third-order valence-electron chi connectivity index (χ3n) is 5.69. The summed E-state index contributed by atoms with van der Waals surface area (Å²) < 4.78 is 0. The van der Waals surface area contributed by atoms with Crippen molar-refractivity contribution in [1.29, 1.82) is 0 Å². The molecule has 0 saturated carbocycles. The molecule has 1 aliphatic rings. The number of nitrogens with zero attached hydrogens (tertiary/aromatic N) is 1. The van der Waals surface area contributed by atoms with Crippen molar-refractivity contribution in [3.8, 4) is 0 Å². The lowest BCUT2D eigenvalue weighted by Crippen LogP contribution is -2.45. The number of aliphatic carboxylic acids is 1. The van der Waals surface area contributed by atoms with Gasteiger partial charge in [0.05, 0.1) is 5.92 Å². The molecule has 9 heteroatoms. The summed E-state index contributed by atoms with van der Waals surface area (Å²) in [6.07, 6.45) is 2.69. The van der Waals surface area contributed by atoms with Gasteiger partial charge in [-0.25, -0.2) is 4.79 Å². The number of likely N-dealkylation sites (N-methyl/N-ethyl adjacent to an activating group) is 1. The predicted molar refractivity (Wildman–Crippen MR) is 150 cm³/mol. The molecule has 1 saturated heterocycles. The highest BCUT2D eigenvalue weighted by atomic mass is 32.2. The second kappa shape index (κ2) is 17.2. The van der Waals surface area contributed by atoms with E-state index in [2.05, 4.69) is 22.6 Å². The standard InChI is InChI=1S/C22H25NO4S2.C5H12N2/c1-28-13-12-19(21(25)26)23-20(24)18(14-16-8-4-2-5-9-16)15-29-22(27)17-10-6-3-7-11-17;1-7-4-2-6-3-5-7/h2-11,18-19H,12-15H2,1H3,(H,23,24)(H,25,26);6H,2-5H2,1H3/t18?,19-;/m0./s1. The van der Waals surface area contributed by atoms with E-state index in [1.165, 1.54) is 24.9 Å². The lowest BCUT2D eigenvalue weighted by atomic mass is 9.99. The predicted octanol–water partition coefficient (Wildman–Crippen LogP) is 3.26. The Morgan fingerprint density at radius 3 is 2.17 bits per heavy atom. The molecule has 1 unspecified atom stereocenters. The van der Waals surface area contributed by atoms with Crippen LogP contribution in [0.1, 0.15) is 22.3 Å². The van der Waals surface area contributed by atoms with Gasteiger partial charge in [-0.1, -0.05) is 72.4 Å². The molecule has 2 aromatic rings. The van der Waals surface area contributed by atoms with E-state index in [0.29, 0.717) is 24.2 Å². The zero-order chi connectivity index (χ0) is 26.2. The minimum absolute atomic E-state index is 0.103. The number of carboxylic acid groups (broad SMARTS) is 1. The fraction of sp³-hybridized carbons (Fsp3) is 0.444. The third-order valence-corrected chi connectivity index (χ3v) is 7.40. The van der Waals surface area contributed by atoms with Gasteiger partial charge in [0, 0.05) is 37.5 Å². The van der Waals surface area contributed by atoms with Gasteiger partial charge in [-0.3, -0.25) is 9.59 Å². The van der Waals surface area contributed by atoms with Crippen LogP contribution in [0, 0.1) is 5.92 Å². The van der Waals surface area contributed by atoms with Gasteiger partial charge < -0.3 is 20.6 Å². The van der Waals surface area contributed by atoms with E-state index in [9.17, 15) is 19.5 Å². The highest BCUT2D eigenvalue weighted by molar-refractivity contribution is 8.14. The molecule has 0 aromatic heterocycles. The molecule has 0 aliphatic carbocycles. The first-order chi connectivity index (χ1) is 17.4. The number of hydrogen-bond acceptors (Lipinski definition) is 7. The minimum atomic E-state index is -1.04. The summed E-state index contributed by atoms with van der Waals surface area (Å²) in [5, 5.41) is 15.2. The highest BCUT2D eigenvalue weighted by Gasteiger charge is 2.26. The maximum Gasteiger partial charge on any atom is 0.326 e. The molecule has 0 radical (unpaired) electrons. The summed E-state index contributed by atoms with van der Waals surface area (Å²) in [5.74, 6) is -0.966. The van der Waals surface area contributed by atoms with Crippen LogP contribution >= 0.6 is 23.5 Å². The van der Waals surface area contributed by atoms with E-state index in [-0.39, 0.29) is 16.8 Å². The van der Waals surface area contributed by atoms with Crippen LogP contribution in [0.15, 0.2) is 60.7 Å². The number of hydrogen-bond donors (Lipinski definition) is 3. The zero-order valence-electron chi connectivity index (χ0n) is 21.0. The number of carboxylic acids is 1. The van der Waals surface area contributed by atoms with Gasteiger partial charge in [-0.15, -0.1) is 0 Å². The van der Waals surface area contributed by atoms with Gasteiger partial charge in [0.25, 0.3) is 0 Å². The summed E-state index contributed by atoms with van der Waals surface area (Å²) >= 11 is 2.62. The maximum absolute atomic E-state index is 12.9. The quantitative estimate of drug-likeness (QED) is 0.407. The summed E-state index contributed by atoms with van der Waals surface area (Å²) in [6.45, 7) is 4.74. The second-order valence-corrected chi connectivity index (χ2v) is 10.6. The Hall–Kier alpha value is -2.33. The first kappa shape index (κ1) is 29.9. The number of nitrogens with one attached hydrogen (secondary N) is 2. The first-order valence-electron chi connectivity index (χ1n) is 12.1. The van der Waals surface area contributed by atoms with Crippen molar-refractivity contribution >= 4 is 40.5 Å². The number of rotatable bonds is 11. The summed E-state index contributed by atoms with van der Waals surface area (Å²) in [4.78, 5) is 39.1. The van der Waals surface area contributed by atoms with Crippen LogP contribution in [-0.2, 0) is 16.0 Å². The monoisotopic (exact) mass is 531 g/mol. The largest absolute Gasteiger partial charge is 0.480 e. The van der Waals surface area contributed by atoms with E-state index in [4.69, 9.17) is 0 Å². The Kier molecular flexibility index (Phi) is 14.3. The van der Waals surface area contributed by atoms with Crippen LogP contribution < -0.4 is 10.6 Å². The Labute approximate surface area is 222 Å². The van der Waals surface area contributed by atoms with Crippen molar-refractivity contribution < 1.29 is 19.5 Å². The Bertz CT molecular complexity index is 925. The fourth-order valence-electron chi connectivity index (χ4n) is 3.52. The molecule has 3 rings (SSSR count). The Morgan fingerprint density at radius 2 is 1.64 bits per heavy atom. The third kappa shape index (κ3) is 11.6. The van der Waals surface area contributed by atoms with E-state index in [1.807, 2.05) is 42.7 Å². The molecule has 2 aromatic carbocycles. The van der Waals surface area contributed by atoms with Crippen LogP contribution in [-0.4, -0.2) is 84.0 Å². The van der Waals surface area contributed by atoms with Crippen LogP contribution in [0.5, 0.6) is 0 Å². The van der Waals surface area contributed by atoms with E-state index < -0.39 is 17.9 Å². The molecule has 2 atom stereocenters. The lowest BCUT2D eigenvalue weighted by molar-refractivity contribution is -0.142.